The molecule has 0 fully saturated rings. The first-order valence-corrected chi connectivity index (χ1v) is 14.2. The number of rotatable bonds is 27. The zero-order valence-electron chi connectivity index (χ0n) is 22.3. The average Bonchev–Trinajstić information content (AvgIpc) is 2.82. The van der Waals surface area contributed by atoms with Crippen LogP contribution in [0.15, 0.2) is 0 Å². The van der Waals surface area contributed by atoms with Crippen LogP contribution in [0.4, 0.5) is 0 Å². The van der Waals surface area contributed by atoms with Gasteiger partial charge in [0.25, 0.3) is 0 Å². The van der Waals surface area contributed by atoms with E-state index in [9.17, 15) is 9.59 Å². The number of unbranched alkanes of at least 4 members (excludes halogenated alkanes) is 14. The number of carboxylic acids is 1. The van der Waals surface area contributed by atoms with Gasteiger partial charge in [-0.1, -0.05) is 97.3 Å². The van der Waals surface area contributed by atoms with Gasteiger partial charge in [-0.2, -0.15) is 0 Å². The third kappa shape index (κ3) is 25.5. The largest absolute Gasteiger partial charge is 0.481 e. The highest BCUT2D eigenvalue weighted by molar-refractivity contribution is 5.69. The van der Waals surface area contributed by atoms with Crippen LogP contribution in [0.1, 0.15) is 136 Å². The number of esters is 1. The molecule has 34 heavy (non-hydrogen) atoms. The number of carbonyl (C=O) groups excluding carboxylic acids is 1. The van der Waals surface area contributed by atoms with E-state index < -0.39 is 5.97 Å². The number of hydrogen-bond donors (Lipinski definition) is 1. The van der Waals surface area contributed by atoms with Gasteiger partial charge in [0, 0.05) is 26.1 Å². The van der Waals surface area contributed by atoms with E-state index in [2.05, 4.69) is 13.8 Å². The van der Waals surface area contributed by atoms with Crippen molar-refractivity contribution in [3.63, 3.8) is 0 Å². The van der Waals surface area contributed by atoms with Crippen molar-refractivity contribution in [2.45, 2.75) is 142 Å². The van der Waals surface area contributed by atoms with Gasteiger partial charge in [0.1, 0.15) is 12.7 Å². The summed E-state index contributed by atoms with van der Waals surface area (Å²) in [5.74, 6) is -0.928. The van der Waals surface area contributed by atoms with Crippen LogP contribution in [0.2, 0.25) is 0 Å². The maximum absolute atomic E-state index is 12.1. The zero-order valence-corrected chi connectivity index (χ0v) is 22.3. The standard InChI is InChI=1S/C28H54O6/c1-3-5-7-9-14-18-22-32-24-26(33-23-19-15-10-8-6-4-2)25-34-28(31)21-17-13-11-12-16-20-27(29)30/h26H,3-25H2,1-2H3,(H,29,30). The number of carboxylic acid groups (broad SMARTS) is 1. The van der Waals surface area contributed by atoms with Crippen molar-refractivity contribution in [2.75, 3.05) is 26.4 Å². The van der Waals surface area contributed by atoms with Crippen molar-refractivity contribution >= 4 is 11.9 Å². The normalized spacial score (nSPS) is 12.1. The summed E-state index contributed by atoms with van der Waals surface area (Å²) in [7, 11) is 0. The first kappa shape index (κ1) is 32.9. The van der Waals surface area contributed by atoms with Crippen molar-refractivity contribution < 1.29 is 28.9 Å². The smallest absolute Gasteiger partial charge is 0.305 e. The van der Waals surface area contributed by atoms with Crippen LogP contribution in [0, 0.1) is 0 Å². The Kier molecular flexibility index (Phi) is 25.6. The number of carbonyl (C=O) groups is 2. The first-order chi connectivity index (χ1) is 16.6. The maximum Gasteiger partial charge on any atom is 0.305 e. The van der Waals surface area contributed by atoms with Crippen LogP contribution in [-0.4, -0.2) is 49.6 Å². The Hall–Kier alpha value is -1.14. The molecule has 0 aromatic heterocycles. The van der Waals surface area contributed by atoms with Crippen molar-refractivity contribution in [1.82, 2.24) is 0 Å². The van der Waals surface area contributed by atoms with Gasteiger partial charge in [-0.15, -0.1) is 0 Å². The van der Waals surface area contributed by atoms with Gasteiger partial charge in [0.15, 0.2) is 0 Å². The van der Waals surface area contributed by atoms with Crippen LogP contribution >= 0.6 is 0 Å². The summed E-state index contributed by atoms with van der Waals surface area (Å²) < 4.78 is 17.3. The minimum absolute atomic E-state index is 0.186. The van der Waals surface area contributed by atoms with Crippen molar-refractivity contribution in [2.24, 2.45) is 0 Å². The Morgan fingerprint density at radius 1 is 0.618 bits per heavy atom. The van der Waals surface area contributed by atoms with Crippen LogP contribution in [0.5, 0.6) is 0 Å². The molecular weight excluding hydrogens is 432 g/mol. The summed E-state index contributed by atoms with van der Waals surface area (Å²) in [4.78, 5) is 22.6. The van der Waals surface area contributed by atoms with E-state index in [4.69, 9.17) is 19.3 Å². The van der Waals surface area contributed by atoms with Gasteiger partial charge in [0.05, 0.1) is 6.61 Å². The molecule has 6 heteroatoms. The van der Waals surface area contributed by atoms with Gasteiger partial charge >= 0.3 is 11.9 Å². The Balaban J connectivity index is 4.01. The molecule has 0 aliphatic heterocycles. The van der Waals surface area contributed by atoms with Crippen molar-refractivity contribution in [3.8, 4) is 0 Å². The molecule has 1 unspecified atom stereocenters. The van der Waals surface area contributed by atoms with Crippen LogP contribution < -0.4 is 0 Å². The molecule has 6 nitrogen and oxygen atoms in total. The molecule has 0 radical (unpaired) electrons. The molecule has 202 valence electrons. The maximum atomic E-state index is 12.1. The highest BCUT2D eigenvalue weighted by atomic mass is 16.6. The molecule has 0 amide bonds. The second kappa shape index (κ2) is 26.5. The molecule has 0 heterocycles. The molecule has 0 rings (SSSR count). The van der Waals surface area contributed by atoms with E-state index >= 15 is 0 Å². The number of ether oxygens (including phenoxy) is 3. The number of hydrogen-bond acceptors (Lipinski definition) is 5. The quantitative estimate of drug-likeness (QED) is 0.0958. The summed E-state index contributed by atoms with van der Waals surface area (Å²) in [6, 6.07) is 0. The highest BCUT2D eigenvalue weighted by Gasteiger charge is 2.13. The molecule has 0 spiro atoms. The SMILES string of the molecule is CCCCCCCCOCC(COC(=O)CCCCCCCC(=O)O)OCCCCCCCC. The van der Waals surface area contributed by atoms with Gasteiger partial charge < -0.3 is 19.3 Å². The third-order valence-corrected chi connectivity index (χ3v) is 6.00. The Morgan fingerprint density at radius 2 is 1.12 bits per heavy atom. The van der Waals surface area contributed by atoms with Crippen LogP contribution in [0.25, 0.3) is 0 Å². The van der Waals surface area contributed by atoms with Gasteiger partial charge in [0.2, 0.25) is 0 Å². The molecule has 0 bridgehead atoms. The monoisotopic (exact) mass is 486 g/mol. The fraction of sp³-hybridized carbons (Fsp3) is 0.929. The predicted octanol–water partition coefficient (Wildman–Crippen LogP) is 7.47. The lowest BCUT2D eigenvalue weighted by Gasteiger charge is -2.18. The van der Waals surface area contributed by atoms with Crippen LogP contribution in [0.3, 0.4) is 0 Å². The van der Waals surface area contributed by atoms with Gasteiger partial charge in [-0.3, -0.25) is 9.59 Å². The van der Waals surface area contributed by atoms with E-state index in [0.717, 1.165) is 45.1 Å². The molecule has 0 aromatic carbocycles. The zero-order chi connectivity index (χ0) is 25.1. The van der Waals surface area contributed by atoms with Crippen molar-refractivity contribution in [1.29, 1.82) is 0 Å². The summed E-state index contributed by atoms with van der Waals surface area (Å²) in [5, 5.41) is 8.64. The molecule has 1 atom stereocenters. The van der Waals surface area contributed by atoms with Crippen molar-refractivity contribution in [3.05, 3.63) is 0 Å². The van der Waals surface area contributed by atoms with E-state index in [1.54, 1.807) is 0 Å². The van der Waals surface area contributed by atoms with E-state index in [1.165, 1.54) is 64.2 Å². The van der Waals surface area contributed by atoms with E-state index in [-0.39, 0.29) is 25.1 Å². The lowest BCUT2D eigenvalue weighted by Crippen LogP contribution is -2.28. The van der Waals surface area contributed by atoms with Crippen LogP contribution in [-0.2, 0) is 23.8 Å². The lowest BCUT2D eigenvalue weighted by molar-refractivity contribution is -0.150. The minimum atomic E-state index is -0.743. The van der Waals surface area contributed by atoms with E-state index in [0.29, 0.717) is 26.1 Å². The predicted molar refractivity (Wildman–Crippen MR) is 138 cm³/mol. The Labute approximate surface area is 209 Å². The molecule has 0 aliphatic rings. The molecule has 0 aliphatic carbocycles. The second-order valence-electron chi connectivity index (χ2n) is 9.45. The summed E-state index contributed by atoms with van der Waals surface area (Å²) in [5.41, 5.74) is 0. The molecular formula is C28H54O6. The molecule has 0 aromatic rings. The third-order valence-electron chi connectivity index (χ3n) is 6.00. The highest BCUT2D eigenvalue weighted by Crippen LogP contribution is 2.10. The fourth-order valence-electron chi connectivity index (χ4n) is 3.81. The summed E-state index contributed by atoms with van der Waals surface area (Å²) >= 11 is 0. The first-order valence-electron chi connectivity index (χ1n) is 14.2. The molecule has 0 saturated heterocycles. The fourth-order valence-corrected chi connectivity index (χ4v) is 3.81. The van der Waals surface area contributed by atoms with Gasteiger partial charge in [-0.25, -0.2) is 0 Å². The Morgan fingerprint density at radius 3 is 1.71 bits per heavy atom. The second-order valence-corrected chi connectivity index (χ2v) is 9.45. The topological polar surface area (TPSA) is 82.1 Å². The lowest BCUT2D eigenvalue weighted by atomic mass is 10.1. The molecule has 1 N–H and O–H groups in total. The summed E-state index contributed by atoms with van der Waals surface area (Å²) in [6.45, 7) is 6.60. The summed E-state index contributed by atoms with van der Waals surface area (Å²) in [6.07, 6.45) is 19.4. The average molecular weight is 487 g/mol. The Bertz CT molecular complexity index is 454. The van der Waals surface area contributed by atoms with E-state index in [1.807, 2.05) is 0 Å². The minimum Gasteiger partial charge on any atom is -0.481 e. The number of aliphatic carboxylic acids is 1. The molecule has 0 saturated carbocycles. The van der Waals surface area contributed by atoms with Gasteiger partial charge in [-0.05, 0) is 25.7 Å².